The maximum atomic E-state index is 11.8. The summed E-state index contributed by atoms with van der Waals surface area (Å²) in [5, 5.41) is 15.4. The molecule has 1 saturated carbocycles. The van der Waals surface area contributed by atoms with Crippen LogP contribution in [-0.4, -0.2) is 17.0 Å². The highest BCUT2D eigenvalue weighted by atomic mass is 32.1. The van der Waals surface area contributed by atoms with E-state index in [-0.39, 0.29) is 17.7 Å². The molecular formula is C11H13NO3S. The first-order valence-electron chi connectivity index (χ1n) is 5.22. The molecule has 1 heterocycles. The predicted molar refractivity (Wildman–Crippen MR) is 61.4 cm³/mol. The van der Waals surface area contributed by atoms with E-state index >= 15 is 0 Å². The summed E-state index contributed by atoms with van der Waals surface area (Å²) >= 11 is 1.52. The second-order valence-corrected chi connectivity index (χ2v) is 4.83. The minimum absolute atomic E-state index is 0.0536. The summed E-state index contributed by atoms with van der Waals surface area (Å²) in [6, 6.07) is 1.84. The van der Waals surface area contributed by atoms with Crippen LogP contribution in [0.2, 0.25) is 0 Å². The van der Waals surface area contributed by atoms with Crippen LogP contribution in [0.3, 0.4) is 0 Å². The number of thiophene rings is 1. The molecule has 4 nitrogen and oxygen atoms in total. The smallest absolute Gasteiger partial charge is 0.306 e. The molecule has 2 N–H and O–H groups in total. The van der Waals surface area contributed by atoms with E-state index in [1.807, 2.05) is 16.8 Å². The SMILES string of the molecule is O=C(O)[C@@H]1CC[C@H](C(=O)Nc2ccsc2)C1. The Kier molecular flexibility index (Phi) is 3.24. The normalized spacial score (nSPS) is 24.2. The molecule has 1 amide bonds. The van der Waals surface area contributed by atoms with E-state index in [1.165, 1.54) is 11.3 Å². The van der Waals surface area contributed by atoms with Gasteiger partial charge in [0.1, 0.15) is 0 Å². The molecule has 2 atom stereocenters. The highest BCUT2D eigenvalue weighted by Crippen LogP contribution is 2.32. The molecule has 0 saturated heterocycles. The first-order valence-corrected chi connectivity index (χ1v) is 6.17. The van der Waals surface area contributed by atoms with E-state index in [2.05, 4.69) is 5.32 Å². The minimum atomic E-state index is -0.786. The molecule has 86 valence electrons. The van der Waals surface area contributed by atoms with Crippen LogP contribution in [-0.2, 0) is 9.59 Å². The Morgan fingerprint density at radius 2 is 2.12 bits per heavy atom. The molecule has 1 aromatic heterocycles. The van der Waals surface area contributed by atoms with Crippen molar-refractivity contribution in [2.45, 2.75) is 19.3 Å². The Morgan fingerprint density at radius 1 is 1.38 bits per heavy atom. The first-order chi connectivity index (χ1) is 7.66. The van der Waals surface area contributed by atoms with Crippen LogP contribution in [0.5, 0.6) is 0 Å². The lowest BCUT2D eigenvalue weighted by Gasteiger charge is -2.09. The van der Waals surface area contributed by atoms with Gasteiger partial charge in [0.25, 0.3) is 0 Å². The summed E-state index contributed by atoms with van der Waals surface area (Å²) in [7, 11) is 0. The van der Waals surface area contributed by atoms with Gasteiger partial charge in [0.05, 0.1) is 11.6 Å². The second-order valence-electron chi connectivity index (χ2n) is 4.05. The van der Waals surface area contributed by atoms with Gasteiger partial charge in [-0.2, -0.15) is 11.3 Å². The molecule has 0 aliphatic heterocycles. The largest absolute Gasteiger partial charge is 0.481 e. The molecular weight excluding hydrogens is 226 g/mol. The molecule has 0 aromatic carbocycles. The molecule has 5 heteroatoms. The summed E-state index contributed by atoms with van der Waals surface area (Å²) in [6.07, 6.45) is 1.75. The minimum Gasteiger partial charge on any atom is -0.481 e. The topological polar surface area (TPSA) is 66.4 Å². The Labute approximate surface area is 97.3 Å². The van der Waals surface area contributed by atoms with E-state index in [0.29, 0.717) is 19.3 Å². The average Bonchev–Trinajstić information content (AvgIpc) is 2.86. The lowest BCUT2D eigenvalue weighted by molar-refractivity contribution is -0.141. The third-order valence-electron chi connectivity index (χ3n) is 2.94. The van der Waals surface area contributed by atoms with Gasteiger partial charge in [-0.1, -0.05) is 0 Å². The predicted octanol–water partition coefficient (Wildman–Crippen LogP) is 2.19. The maximum Gasteiger partial charge on any atom is 0.306 e. The van der Waals surface area contributed by atoms with Gasteiger partial charge in [-0.15, -0.1) is 0 Å². The van der Waals surface area contributed by atoms with Crippen molar-refractivity contribution in [3.63, 3.8) is 0 Å². The van der Waals surface area contributed by atoms with Gasteiger partial charge in [0.15, 0.2) is 0 Å². The third-order valence-corrected chi connectivity index (χ3v) is 3.62. The zero-order valence-corrected chi connectivity index (χ0v) is 9.50. The number of carboxylic acids is 1. The fourth-order valence-corrected chi connectivity index (χ4v) is 2.61. The van der Waals surface area contributed by atoms with Gasteiger partial charge in [0, 0.05) is 11.3 Å². The first kappa shape index (κ1) is 11.1. The van der Waals surface area contributed by atoms with Crippen molar-refractivity contribution in [2.75, 3.05) is 5.32 Å². The average molecular weight is 239 g/mol. The van der Waals surface area contributed by atoms with Crippen molar-refractivity contribution < 1.29 is 14.7 Å². The van der Waals surface area contributed by atoms with Crippen LogP contribution >= 0.6 is 11.3 Å². The monoisotopic (exact) mass is 239 g/mol. The van der Waals surface area contributed by atoms with Crippen molar-refractivity contribution in [3.05, 3.63) is 16.8 Å². The van der Waals surface area contributed by atoms with Crippen LogP contribution in [0.1, 0.15) is 19.3 Å². The molecule has 1 aliphatic rings. The molecule has 0 spiro atoms. The van der Waals surface area contributed by atoms with E-state index < -0.39 is 5.97 Å². The number of anilines is 1. The lowest BCUT2D eigenvalue weighted by atomic mass is 10.0. The highest BCUT2D eigenvalue weighted by Gasteiger charge is 2.33. The Balaban J connectivity index is 1.90. The molecule has 16 heavy (non-hydrogen) atoms. The maximum absolute atomic E-state index is 11.8. The van der Waals surface area contributed by atoms with E-state index in [0.717, 1.165) is 5.69 Å². The molecule has 1 aromatic rings. The summed E-state index contributed by atoms with van der Waals surface area (Å²) < 4.78 is 0. The highest BCUT2D eigenvalue weighted by molar-refractivity contribution is 7.08. The number of amides is 1. The van der Waals surface area contributed by atoms with Crippen LogP contribution in [0.15, 0.2) is 16.8 Å². The van der Waals surface area contributed by atoms with Gasteiger partial charge in [0.2, 0.25) is 5.91 Å². The van der Waals surface area contributed by atoms with E-state index in [1.54, 1.807) is 0 Å². The molecule has 0 unspecified atom stereocenters. The van der Waals surface area contributed by atoms with Gasteiger partial charge in [-0.05, 0) is 30.7 Å². The molecule has 0 bridgehead atoms. The molecule has 1 fully saturated rings. The van der Waals surface area contributed by atoms with Crippen LogP contribution in [0.25, 0.3) is 0 Å². The number of carbonyl (C=O) groups excluding carboxylic acids is 1. The van der Waals surface area contributed by atoms with Crippen LogP contribution < -0.4 is 5.32 Å². The number of carbonyl (C=O) groups is 2. The molecule has 2 rings (SSSR count). The number of aliphatic carboxylic acids is 1. The number of hydrogen-bond acceptors (Lipinski definition) is 3. The summed E-state index contributed by atoms with van der Waals surface area (Å²) in [6.45, 7) is 0. The van der Waals surface area contributed by atoms with Crippen molar-refractivity contribution >= 4 is 28.9 Å². The van der Waals surface area contributed by atoms with E-state index in [4.69, 9.17) is 5.11 Å². The zero-order valence-electron chi connectivity index (χ0n) is 8.68. The standard InChI is InChI=1S/C11H13NO3S/c13-10(12-9-3-4-16-6-9)7-1-2-8(5-7)11(14)15/h3-4,6-8H,1-2,5H2,(H,12,13)(H,14,15)/t7-,8+/m0/s1. The number of rotatable bonds is 3. The number of hydrogen-bond donors (Lipinski definition) is 2. The van der Waals surface area contributed by atoms with E-state index in [9.17, 15) is 9.59 Å². The molecule has 1 aliphatic carbocycles. The summed E-state index contributed by atoms with van der Waals surface area (Å²) in [5.74, 6) is -1.34. The van der Waals surface area contributed by atoms with Gasteiger partial charge in [-0.3, -0.25) is 9.59 Å². The van der Waals surface area contributed by atoms with Gasteiger partial charge < -0.3 is 10.4 Å². The Morgan fingerprint density at radius 3 is 2.69 bits per heavy atom. The summed E-state index contributed by atoms with van der Waals surface area (Å²) in [5.41, 5.74) is 0.800. The molecule has 0 radical (unpaired) electrons. The third kappa shape index (κ3) is 2.41. The number of nitrogens with one attached hydrogen (secondary N) is 1. The van der Waals surface area contributed by atoms with Crippen LogP contribution in [0, 0.1) is 11.8 Å². The fraction of sp³-hybridized carbons (Fsp3) is 0.455. The second kappa shape index (κ2) is 4.65. The zero-order chi connectivity index (χ0) is 11.5. The van der Waals surface area contributed by atoms with Crippen molar-refractivity contribution in [1.29, 1.82) is 0 Å². The Hall–Kier alpha value is -1.36. The Bertz CT molecular complexity index is 388. The van der Waals surface area contributed by atoms with Crippen LogP contribution in [0.4, 0.5) is 5.69 Å². The fourth-order valence-electron chi connectivity index (χ4n) is 2.02. The van der Waals surface area contributed by atoms with Crippen molar-refractivity contribution in [1.82, 2.24) is 0 Å². The summed E-state index contributed by atoms with van der Waals surface area (Å²) in [4.78, 5) is 22.5. The van der Waals surface area contributed by atoms with Gasteiger partial charge >= 0.3 is 5.97 Å². The number of carboxylic acid groups (broad SMARTS) is 1. The van der Waals surface area contributed by atoms with Crippen molar-refractivity contribution in [2.24, 2.45) is 11.8 Å². The van der Waals surface area contributed by atoms with Gasteiger partial charge in [-0.25, -0.2) is 0 Å². The lowest BCUT2D eigenvalue weighted by Crippen LogP contribution is -2.21. The quantitative estimate of drug-likeness (QED) is 0.849. The van der Waals surface area contributed by atoms with Crippen molar-refractivity contribution in [3.8, 4) is 0 Å².